The van der Waals surface area contributed by atoms with Gasteiger partial charge in [0.2, 0.25) is 5.89 Å². The third-order valence-corrected chi connectivity index (χ3v) is 2.21. The Bertz CT molecular complexity index is 517. The molecular weight excluding hydrogens is 249 g/mol. The molecule has 0 aromatic carbocycles. The molecule has 0 aliphatic rings. The number of hydrogen-bond donors (Lipinski definition) is 0. The molecule has 0 saturated heterocycles. The van der Waals surface area contributed by atoms with Crippen LogP contribution in [-0.2, 0) is 19.1 Å². The Labute approximate surface area is 101 Å². The van der Waals surface area contributed by atoms with Crippen molar-refractivity contribution in [1.82, 2.24) is 19.9 Å². The number of nitrogens with zero attached hydrogens (tertiary/aromatic N) is 4. The lowest BCUT2D eigenvalue weighted by atomic mass is 10.3. The van der Waals surface area contributed by atoms with Crippen LogP contribution < -0.4 is 0 Å². The van der Waals surface area contributed by atoms with Crippen LogP contribution in [0.25, 0.3) is 0 Å². The van der Waals surface area contributed by atoms with Gasteiger partial charge in [-0.05, 0) is 12.5 Å². The fourth-order valence-corrected chi connectivity index (χ4v) is 1.42. The summed E-state index contributed by atoms with van der Waals surface area (Å²) in [4.78, 5) is 4.05. The van der Waals surface area contributed by atoms with E-state index < -0.39 is 11.9 Å². The Morgan fingerprint density at radius 2 is 2.17 bits per heavy atom. The number of aryl methyl sites for hydroxylation is 1. The maximum Gasteiger partial charge on any atom is 0.435 e. The van der Waals surface area contributed by atoms with Gasteiger partial charge in [-0.3, -0.25) is 4.68 Å². The number of aromatic nitrogens is 4. The largest absolute Gasteiger partial charge is 0.435 e. The van der Waals surface area contributed by atoms with Gasteiger partial charge < -0.3 is 4.52 Å². The summed E-state index contributed by atoms with van der Waals surface area (Å²) in [5.74, 6) is 0.797. The summed E-state index contributed by atoms with van der Waals surface area (Å²) in [5.41, 5.74) is -0.931. The zero-order chi connectivity index (χ0) is 13.2. The second kappa shape index (κ2) is 4.79. The summed E-state index contributed by atoms with van der Waals surface area (Å²) in [6.45, 7) is 2.02. The minimum Gasteiger partial charge on any atom is -0.339 e. The summed E-state index contributed by atoms with van der Waals surface area (Å²) >= 11 is 0. The highest BCUT2D eigenvalue weighted by molar-refractivity contribution is 5.04. The molecule has 98 valence electrons. The molecule has 0 atom stereocenters. The molecule has 0 fully saturated rings. The number of alkyl halides is 3. The predicted octanol–water partition coefficient (Wildman–Crippen LogP) is 2.29. The van der Waals surface area contributed by atoms with Crippen molar-refractivity contribution in [2.24, 2.45) is 0 Å². The second-order valence-electron chi connectivity index (χ2n) is 3.75. The lowest BCUT2D eigenvalue weighted by Crippen LogP contribution is -2.09. The van der Waals surface area contributed by atoms with Gasteiger partial charge in [0.25, 0.3) is 0 Å². The highest BCUT2D eigenvalue weighted by Gasteiger charge is 2.33. The molecule has 0 radical (unpaired) electrons. The van der Waals surface area contributed by atoms with Crippen LogP contribution in [0.1, 0.15) is 30.8 Å². The molecule has 0 unspecified atom stereocenters. The summed E-state index contributed by atoms with van der Waals surface area (Å²) in [7, 11) is 0. The van der Waals surface area contributed by atoms with Crippen LogP contribution in [-0.4, -0.2) is 19.9 Å². The van der Waals surface area contributed by atoms with Gasteiger partial charge in [-0.1, -0.05) is 12.1 Å². The van der Waals surface area contributed by atoms with Gasteiger partial charge in [0.1, 0.15) is 6.54 Å². The zero-order valence-corrected chi connectivity index (χ0v) is 9.61. The Hall–Kier alpha value is -1.86. The van der Waals surface area contributed by atoms with Crippen molar-refractivity contribution in [2.45, 2.75) is 32.5 Å². The van der Waals surface area contributed by atoms with Gasteiger partial charge in [-0.2, -0.15) is 23.3 Å². The Morgan fingerprint density at radius 3 is 2.78 bits per heavy atom. The maximum absolute atomic E-state index is 12.3. The van der Waals surface area contributed by atoms with E-state index >= 15 is 0 Å². The molecule has 0 N–H and O–H groups in total. The molecular formula is C10H11F3N4O. The Kier molecular flexibility index (Phi) is 3.35. The van der Waals surface area contributed by atoms with Crippen LogP contribution >= 0.6 is 0 Å². The molecule has 2 aromatic heterocycles. The minimum atomic E-state index is -4.43. The van der Waals surface area contributed by atoms with Crippen molar-refractivity contribution < 1.29 is 17.7 Å². The average Bonchev–Trinajstić information content (AvgIpc) is 2.88. The maximum atomic E-state index is 12.3. The van der Waals surface area contributed by atoms with Crippen LogP contribution in [0.15, 0.2) is 16.8 Å². The van der Waals surface area contributed by atoms with Crippen LogP contribution in [0.4, 0.5) is 13.2 Å². The van der Waals surface area contributed by atoms with Gasteiger partial charge in [0, 0.05) is 12.6 Å². The molecule has 18 heavy (non-hydrogen) atoms. The summed E-state index contributed by atoms with van der Waals surface area (Å²) in [6, 6.07) is 0.910. The van der Waals surface area contributed by atoms with Crippen molar-refractivity contribution in [1.29, 1.82) is 0 Å². The Balaban J connectivity index is 2.06. The van der Waals surface area contributed by atoms with E-state index in [1.54, 1.807) is 0 Å². The molecule has 2 aromatic rings. The molecule has 0 spiro atoms. The van der Waals surface area contributed by atoms with E-state index in [4.69, 9.17) is 4.52 Å². The minimum absolute atomic E-state index is 0.0588. The first-order valence-corrected chi connectivity index (χ1v) is 5.41. The average molecular weight is 260 g/mol. The third-order valence-electron chi connectivity index (χ3n) is 2.21. The normalized spacial score (nSPS) is 12.0. The first-order chi connectivity index (χ1) is 8.49. The highest BCUT2D eigenvalue weighted by atomic mass is 19.4. The van der Waals surface area contributed by atoms with E-state index in [0.717, 1.165) is 17.2 Å². The molecule has 2 rings (SSSR count). The van der Waals surface area contributed by atoms with Crippen molar-refractivity contribution in [3.8, 4) is 0 Å². The number of rotatable bonds is 4. The van der Waals surface area contributed by atoms with Gasteiger partial charge in [-0.25, -0.2) is 0 Å². The summed E-state index contributed by atoms with van der Waals surface area (Å²) < 4.78 is 43.0. The topological polar surface area (TPSA) is 56.7 Å². The SMILES string of the molecule is CCCc1nc(Cn2ccc(C(F)(F)F)n2)no1. The number of hydrogen-bond acceptors (Lipinski definition) is 4. The Morgan fingerprint density at radius 1 is 1.39 bits per heavy atom. The highest BCUT2D eigenvalue weighted by Crippen LogP contribution is 2.27. The molecule has 0 aliphatic carbocycles. The van der Waals surface area contributed by atoms with Crippen LogP contribution in [0, 0.1) is 0 Å². The van der Waals surface area contributed by atoms with Crippen LogP contribution in [0.5, 0.6) is 0 Å². The first kappa shape index (κ1) is 12.6. The van der Waals surface area contributed by atoms with Crippen molar-refractivity contribution in [3.63, 3.8) is 0 Å². The molecule has 0 saturated carbocycles. The molecule has 0 bridgehead atoms. The third kappa shape index (κ3) is 2.88. The summed E-state index contributed by atoms with van der Waals surface area (Å²) in [6.07, 6.45) is -1.68. The molecule has 0 aliphatic heterocycles. The van der Waals surface area contributed by atoms with Crippen molar-refractivity contribution in [2.75, 3.05) is 0 Å². The van der Waals surface area contributed by atoms with Crippen molar-refractivity contribution >= 4 is 0 Å². The van der Waals surface area contributed by atoms with Gasteiger partial charge in [0.05, 0.1) is 0 Å². The van der Waals surface area contributed by atoms with Gasteiger partial charge in [0.15, 0.2) is 11.5 Å². The van der Waals surface area contributed by atoms with Gasteiger partial charge >= 0.3 is 6.18 Å². The zero-order valence-electron chi connectivity index (χ0n) is 9.61. The van der Waals surface area contributed by atoms with E-state index in [-0.39, 0.29) is 6.54 Å². The van der Waals surface area contributed by atoms with E-state index in [1.165, 1.54) is 6.20 Å². The second-order valence-corrected chi connectivity index (χ2v) is 3.75. The fourth-order valence-electron chi connectivity index (χ4n) is 1.42. The summed E-state index contributed by atoms with van der Waals surface area (Å²) in [5, 5.41) is 7.08. The lowest BCUT2D eigenvalue weighted by molar-refractivity contribution is -0.141. The molecule has 0 amide bonds. The first-order valence-electron chi connectivity index (χ1n) is 5.41. The van der Waals surface area contributed by atoms with E-state index in [1.807, 2.05) is 6.92 Å². The smallest absolute Gasteiger partial charge is 0.339 e. The van der Waals surface area contributed by atoms with Crippen LogP contribution in [0.3, 0.4) is 0 Å². The lowest BCUT2D eigenvalue weighted by Gasteiger charge is -2.00. The molecule has 8 heteroatoms. The number of halogens is 3. The van der Waals surface area contributed by atoms with E-state index in [2.05, 4.69) is 15.2 Å². The predicted molar refractivity (Wildman–Crippen MR) is 54.6 cm³/mol. The molecule has 5 nitrogen and oxygen atoms in total. The van der Waals surface area contributed by atoms with Gasteiger partial charge in [-0.15, -0.1) is 0 Å². The quantitative estimate of drug-likeness (QED) is 0.846. The van der Waals surface area contributed by atoms with Crippen molar-refractivity contribution in [3.05, 3.63) is 29.7 Å². The van der Waals surface area contributed by atoms with E-state index in [0.29, 0.717) is 18.1 Å². The van der Waals surface area contributed by atoms with E-state index in [9.17, 15) is 13.2 Å². The van der Waals surface area contributed by atoms with Crippen LogP contribution in [0.2, 0.25) is 0 Å². The molecule has 2 heterocycles. The fraction of sp³-hybridized carbons (Fsp3) is 0.500. The monoisotopic (exact) mass is 260 g/mol. The standard InChI is InChI=1S/C10H11F3N4O/c1-2-3-9-14-8(16-18-9)6-17-5-4-7(15-17)10(11,12)13/h4-5H,2-3,6H2,1H3.